The molecule has 0 heterocycles. The lowest BCUT2D eigenvalue weighted by molar-refractivity contribution is 0.410. The zero-order valence-electron chi connectivity index (χ0n) is 12.0. The van der Waals surface area contributed by atoms with Gasteiger partial charge in [0, 0.05) is 22.1 Å². The summed E-state index contributed by atoms with van der Waals surface area (Å²) in [6, 6.07) is 12.9. The van der Waals surface area contributed by atoms with Crippen LogP contribution >= 0.6 is 27.5 Å². The molecule has 1 unspecified atom stereocenters. The van der Waals surface area contributed by atoms with Gasteiger partial charge >= 0.3 is 0 Å². The van der Waals surface area contributed by atoms with E-state index in [0.717, 1.165) is 15.1 Å². The molecule has 21 heavy (non-hydrogen) atoms. The number of rotatable bonds is 5. The summed E-state index contributed by atoms with van der Waals surface area (Å²) >= 11 is 9.34. The van der Waals surface area contributed by atoms with Gasteiger partial charge in [0.1, 0.15) is 5.82 Å². The molecule has 0 fully saturated rings. The minimum absolute atomic E-state index is 0.221. The van der Waals surface area contributed by atoms with Crippen molar-refractivity contribution in [1.82, 2.24) is 5.32 Å². The van der Waals surface area contributed by atoms with Gasteiger partial charge in [-0.2, -0.15) is 0 Å². The Hall–Kier alpha value is -0.900. The van der Waals surface area contributed by atoms with Crippen molar-refractivity contribution in [2.45, 2.75) is 26.4 Å². The molecule has 0 saturated carbocycles. The van der Waals surface area contributed by atoms with Crippen LogP contribution in [-0.4, -0.2) is 0 Å². The second kappa shape index (κ2) is 7.39. The first-order valence-corrected chi connectivity index (χ1v) is 8.07. The van der Waals surface area contributed by atoms with Gasteiger partial charge in [0.15, 0.2) is 0 Å². The fourth-order valence-corrected chi connectivity index (χ4v) is 2.91. The average molecular weight is 371 g/mol. The Morgan fingerprint density at radius 3 is 2.38 bits per heavy atom. The Morgan fingerprint density at radius 1 is 1.14 bits per heavy atom. The third-order valence-corrected chi connectivity index (χ3v) is 4.41. The Labute approximate surface area is 138 Å². The van der Waals surface area contributed by atoms with Crippen molar-refractivity contribution in [2.75, 3.05) is 0 Å². The number of hydrogen-bond donors (Lipinski definition) is 1. The monoisotopic (exact) mass is 369 g/mol. The molecule has 1 atom stereocenters. The van der Waals surface area contributed by atoms with Crippen molar-refractivity contribution < 1.29 is 4.39 Å². The highest BCUT2D eigenvalue weighted by atomic mass is 79.9. The molecule has 2 rings (SSSR count). The molecule has 0 aliphatic carbocycles. The number of hydrogen-bond acceptors (Lipinski definition) is 1. The predicted molar refractivity (Wildman–Crippen MR) is 90.0 cm³/mol. The molecular formula is C17H18BrClFN. The molecule has 0 saturated heterocycles. The minimum Gasteiger partial charge on any atom is -0.306 e. The van der Waals surface area contributed by atoms with E-state index in [9.17, 15) is 4.39 Å². The van der Waals surface area contributed by atoms with Gasteiger partial charge in [0.2, 0.25) is 0 Å². The lowest BCUT2D eigenvalue weighted by atomic mass is 9.96. The third kappa shape index (κ3) is 4.53. The molecule has 2 aromatic rings. The Bertz CT molecular complexity index is 598. The van der Waals surface area contributed by atoms with Crippen molar-refractivity contribution in [3.63, 3.8) is 0 Å². The zero-order valence-corrected chi connectivity index (χ0v) is 14.4. The summed E-state index contributed by atoms with van der Waals surface area (Å²) in [5.41, 5.74) is 2.24. The van der Waals surface area contributed by atoms with Crippen LogP contribution in [0.15, 0.2) is 46.9 Å². The highest BCUT2D eigenvalue weighted by molar-refractivity contribution is 9.10. The average Bonchev–Trinajstić information content (AvgIpc) is 2.42. The normalized spacial score (nSPS) is 12.7. The van der Waals surface area contributed by atoms with Gasteiger partial charge in [-0.25, -0.2) is 4.39 Å². The second-order valence-electron chi connectivity index (χ2n) is 5.39. The van der Waals surface area contributed by atoms with Crippen molar-refractivity contribution in [3.05, 3.63) is 68.9 Å². The van der Waals surface area contributed by atoms with Crippen LogP contribution in [0.2, 0.25) is 5.02 Å². The maximum absolute atomic E-state index is 13.1. The number of benzene rings is 2. The molecule has 1 N–H and O–H groups in total. The topological polar surface area (TPSA) is 12.0 Å². The Balaban J connectivity index is 2.12. The van der Waals surface area contributed by atoms with Crippen LogP contribution < -0.4 is 5.32 Å². The molecule has 112 valence electrons. The van der Waals surface area contributed by atoms with Crippen molar-refractivity contribution in [1.29, 1.82) is 0 Å². The smallest absolute Gasteiger partial charge is 0.124 e. The molecule has 0 amide bonds. The van der Waals surface area contributed by atoms with E-state index in [4.69, 9.17) is 11.6 Å². The van der Waals surface area contributed by atoms with Crippen LogP contribution in [0.4, 0.5) is 4.39 Å². The second-order valence-corrected chi connectivity index (χ2v) is 6.68. The van der Waals surface area contributed by atoms with Gasteiger partial charge in [-0.1, -0.05) is 59.6 Å². The molecule has 4 heteroatoms. The maximum Gasteiger partial charge on any atom is 0.124 e. The summed E-state index contributed by atoms with van der Waals surface area (Å²) in [6.07, 6.45) is 0. The highest BCUT2D eigenvalue weighted by Gasteiger charge is 2.15. The van der Waals surface area contributed by atoms with Crippen LogP contribution in [0, 0.1) is 11.7 Å². The first-order chi connectivity index (χ1) is 9.97. The first-order valence-electron chi connectivity index (χ1n) is 6.90. The van der Waals surface area contributed by atoms with Gasteiger partial charge in [0.05, 0.1) is 0 Å². The summed E-state index contributed by atoms with van der Waals surface area (Å²) in [6.45, 7) is 5.02. The van der Waals surface area contributed by atoms with E-state index in [-0.39, 0.29) is 11.9 Å². The predicted octanol–water partition coefficient (Wildman–Crippen LogP) is 5.73. The van der Waals surface area contributed by atoms with Gasteiger partial charge in [-0.15, -0.1) is 0 Å². The van der Waals surface area contributed by atoms with E-state index in [1.807, 2.05) is 24.3 Å². The number of nitrogens with one attached hydrogen (secondary N) is 1. The van der Waals surface area contributed by atoms with E-state index in [1.165, 1.54) is 17.7 Å². The van der Waals surface area contributed by atoms with Crippen molar-refractivity contribution in [3.8, 4) is 0 Å². The fraction of sp³-hybridized carbons (Fsp3) is 0.294. The van der Waals surface area contributed by atoms with Crippen LogP contribution in [0.5, 0.6) is 0 Å². The third-order valence-electron chi connectivity index (χ3n) is 3.42. The van der Waals surface area contributed by atoms with Gasteiger partial charge in [-0.3, -0.25) is 0 Å². The van der Waals surface area contributed by atoms with E-state index >= 15 is 0 Å². The van der Waals surface area contributed by atoms with Crippen LogP contribution in [0.3, 0.4) is 0 Å². The largest absolute Gasteiger partial charge is 0.306 e. The Morgan fingerprint density at radius 2 is 1.81 bits per heavy atom. The Kier molecular flexibility index (Phi) is 5.80. The summed E-state index contributed by atoms with van der Waals surface area (Å²) in [7, 11) is 0. The quantitative estimate of drug-likeness (QED) is 0.709. The molecule has 0 aliphatic rings. The summed E-state index contributed by atoms with van der Waals surface area (Å²) in [5.74, 6) is 0.203. The molecule has 0 radical (unpaired) electrons. The molecule has 0 spiro atoms. The van der Waals surface area contributed by atoms with E-state index in [0.29, 0.717) is 12.5 Å². The first kappa shape index (κ1) is 16.5. The van der Waals surface area contributed by atoms with Gasteiger partial charge in [0.25, 0.3) is 0 Å². The van der Waals surface area contributed by atoms with Crippen LogP contribution in [0.25, 0.3) is 0 Å². The van der Waals surface area contributed by atoms with Gasteiger partial charge in [-0.05, 0) is 41.3 Å². The molecule has 0 bridgehead atoms. The minimum atomic E-state index is -0.233. The summed E-state index contributed by atoms with van der Waals surface area (Å²) in [5, 5.41) is 4.27. The summed E-state index contributed by atoms with van der Waals surface area (Å²) in [4.78, 5) is 0. The van der Waals surface area contributed by atoms with E-state index in [1.54, 1.807) is 6.07 Å². The number of halogens is 3. The molecule has 0 aromatic heterocycles. The van der Waals surface area contributed by atoms with Crippen molar-refractivity contribution >= 4 is 27.5 Å². The molecule has 0 aliphatic heterocycles. The van der Waals surface area contributed by atoms with E-state index in [2.05, 4.69) is 35.1 Å². The lowest BCUT2D eigenvalue weighted by Gasteiger charge is -2.23. The molecule has 1 nitrogen and oxygen atoms in total. The standard InChI is InChI=1S/C17H18BrClFN/c1-11(2)17(12-3-6-14(19)7-4-12)21-10-13-5-8-15(20)9-16(13)18/h3-9,11,17,21H,10H2,1-2H3. The van der Waals surface area contributed by atoms with Crippen LogP contribution in [-0.2, 0) is 6.54 Å². The SMILES string of the molecule is CC(C)C(NCc1ccc(F)cc1Br)c1ccc(Cl)cc1. The zero-order chi connectivity index (χ0) is 15.4. The maximum atomic E-state index is 13.1. The fourth-order valence-electron chi connectivity index (χ4n) is 2.29. The molecule has 2 aromatic carbocycles. The van der Waals surface area contributed by atoms with E-state index < -0.39 is 0 Å². The molecular weight excluding hydrogens is 353 g/mol. The highest BCUT2D eigenvalue weighted by Crippen LogP contribution is 2.25. The van der Waals surface area contributed by atoms with Gasteiger partial charge < -0.3 is 5.32 Å². The lowest BCUT2D eigenvalue weighted by Crippen LogP contribution is -2.25. The van der Waals surface area contributed by atoms with Crippen LogP contribution in [0.1, 0.15) is 31.0 Å². The summed E-state index contributed by atoms with van der Waals surface area (Å²) < 4.78 is 13.9. The van der Waals surface area contributed by atoms with Crippen molar-refractivity contribution in [2.24, 2.45) is 5.92 Å².